The van der Waals surface area contributed by atoms with Crippen LogP contribution in [0.3, 0.4) is 0 Å². The van der Waals surface area contributed by atoms with Gasteiger partial charge in [-0.2, -0.15) is 0 Å². The van der Waals surface area contributed by atoms with E-state index in [4.69, 9.17) is 9.47 Å². The molecule has 1 aliphatic rings. The fraction of sp³-hybridized carbons (Fsp3) is 0.318. The molecule has 3 rings (SSSR count). The number of nitrogens with zero attached hydrogens (tertiary/aromatic N) is 1. The van der Waals surface area contributed by atoms with Crippen LogP contribution in [0.25, 0.3) is 0 Å². The van der Waals surface area contributed by atoms with Gasteiger partial charge in [0.1, 0.15) is 11.2 Å². The maximum atomic E-state index is 13.3. The Hall–Kier alpha value is -3.07. The number of aryl methyl sites for hydroxylation is 1. The molecule has 1 heterocycles. The third kappa shape index (κ3) is 5.55. The van der Waals surface area contributed by atoms with Gasteiger partial charge in [-0.1, -0.05) is 19.1 Å². The molecule has 0 radical (unpaired) electrons. The zero-order valence-electron chi connectivity index (χ0n) is 17.1. The van der Waals surface area contributed by atoms with E-state index in [2.05, 4.69) is 4.74 Å². The van der Waals surface area contributed by atoms with Crippen molar-refractivity contribution in [2.75, 3.05) is 24.1 Å². The number of hydrogen-bond acceptors (Lipinski definition) is 7. The highest BCUT2D eigenvalue weighted by Gasteiger charge is 2.35. The van der Waals surface area contributed by atoms with Gasteiger partial charge < -0.3 is 14.2 Å². The molecule has 0 bridgehead atoms. The van der Waals surface area contributed by atoms with E-state index in [1.807, 2.05) is 6.92 Å². The molecule has 0 saturated carbocycles. The Balaban J connectivity index is 1.69. The highest BCUT2D eigenvalue weighted by atomic mass is 32.2. The Morgan fingerprint density at radius 3 is 2.55 bits per heavy atom. The summed E-state index contributed by atoms with van der Waals surface area (Å²) in [7, 11) is 0. The first-order chi connectivity index (χ1) is 14.9. The Morgan fingerprint density at radius 1 is 1.13 bits per heavy atom. The van der Waals surface area contributed by atoms with Gasteiger partial charge in [0.15, 0.2) is 0 Å². The minimum atomic E-state index is -0.905. The summed E-state index contributed by atoms with van der Waals surface area (Å²) in [5.74, 6) is -0.783. The predicted molar refractivity (Wildman–Crippen MR) is 113 cm³/mol. The normalized spacial score (nSPS) is 15.6. The van der Waals surface area contributed by atoms with Crippen LogP contribution in [0.4, 0.5) is 14.9 Å². The molecule has 164 valence electrons. The lowest BCUT2D eigenvalue weighted by Gasteiger charge is -2.26. The van der Waals surface area contributed by atoms with Crippen molar-refractivity contribution in [3.63, 3.8) is 0 Å². The fourth-order valence-corrected chi connectivity index (χ4v) is 4.22. The molecule has 1 fully saturated rings. The molecule has 1 unspecified atom stereocenters. The van der Waals surface area contributed by atoms with Crippen molar-refractivity contribution in [2.24, 2.45) is 0 Å². The highest BCUT2D eigenvalue weighted by Crippen LogP contribution is 2.42. The van der Waals surface area contributed by atoms with E-state index in [0.717, 1.165) is 5.56 Å². The number of ether oxygens (including phenoxy) is 3. The Bertz CT molecular complexity index is 965. The van der Waals surface area contributed by atoms with Gasteiger partial charge in [-0.05, 0) is 54.8 Å². The number of benzene rings is 2. The lowest BCUT2D eigenvalue weighted by atomic mass is 10.1. The van der Waals surface area contributed by atoms with Gasteiger partial charge in [-0.3, -0.25) is 9.69 Å². The summed E-state index contributed by atoms with van der Waals surface area (Å²) in [5, 5.41) is -0.285. The molecule has 0 spiro atoms. The maximum Gasteiger partial charge on any atom is 0.511 e. The average Bonchev–Trinajstić information content (AvgIpc) is 3.13. The van der Waals surface area contributed by atoms with Gasteiger partial charge in [0, 0.05) is 5.69 Å². The van der Waals surface area contributed by atoms with Crippen molar-refractivity contribution in [1.82, 2.24) is 0 Å². The first kappa shape index (κ1) is 22.6. The average molecular weight is 447 g/mol. The summed E-state index contributed by atoms with van der Waals surface area (Å²) in [6.45, 7) is 3.29. The maximum absolute atomic E-state index is 13.3. The van der Waals surface area contributed by atoms with Gasteiger partial charge >= 0.3 is 12.1 Å². The largest absolute Gasteiger partial charge is 0.511 e. The number of thioether (sulfide) groups is 1. The van der Waals surface area contributed by atoms with Gasteiger partial charge in [0.25, 0.3) is 0 Å². The fourth-order valence-electron chi connectivity index (χ4n) is 3.05. The molecular weight excluding hydrogens is 425 g/mol. The third-order valence-corrected chi connectivity index (χ3v) is 5.72. The van der Waals surface area contributed by atoms with Gasteiger partial charge in [-0.15, -0.1) is 11.8 Å². The molecular formula is C22H22FNO6S. The molecule has 1 saturated heterocycles. The van der Waals surface area contributed by atoms with Gasteiger partial charge in [-0.25, -0.2) is 14.0 Å². The molecule has 0 N–H and O–H groups in total. The van der Waals surface area contributed by atoms with E-state index in [0.29, 0.717) is 23.4 Å². The van der Waals surface area contributed by atoms with E-state index in [9.17, 15) is 18.8 Å². The smallest absolute Gasteiger partial charge is 0.434 e. The van der Waals surface area contributed by atoms with E-state index >= 15 is 0 Å². The highest BCUT2D eigenvalue weighted by molar-refractivity contribution is 8.00. The molecule has 31 heavy (non-hydrogen) atoms. The lowest BCUT2D eigenvalue weighted by Crippen LogP contribution is -2.28. The second kappa shape index (κ2) is 10.3. The predicted octanol–water partition coefficient (Wildman–Crippen LogP) is 4.59. The minimum Gasteiger partial charge on any atom is -0.434 e. The lowest BCUT2D eigenvalue weighted by molar-refractivity contribution is -0.115. The number of rotatable bonds is 7. The zero-order chi connectivity index (χ0) is 22.4. The van der Waals surface area contributed by atoms with Crippen molar-refractivity contribution in [1.29, 1.82) is 0 Å². The second-order valence-electron chi connectivity index (χ2n) is 6.77. The van der Waals surface area contributed by atoms with Crippen molar-refractivity contribution >= 4 is 35.5 Å². The molecule has 1 aliphatic heterocycles. The molecule has 7 nitrogen and oxygen atoms in total. The van der Waals surface area contributed by atoms with Crippen molar-refractivity contribution in [3.8, 4) is 0 Å². The monoisotopic (exact) mass is 447 g/mol. The summed E-state index contributed by atoms with van der Waals surface area (Å²) in [5.41, 5.74) is 2.41. The number of halogens is 1. The quantitative estimate of drug-likeness (QED) is 0.453. The number of anilines is 1. The molecule has 9 heteroatoms. The van der Waals surface area contributed by atoms with Gasteiger partial charge in [0.05, 0.1) is 17.9 Å². The van der Waals surface area contributed by atoms with Crippen LogP contribution in [0.5, 0.6) is 0 Å². The first-order valence-electron chi connectivity index (χ1n) is 9.67. The Labute approximate surface area is 183 Å². The van der Waals surface area contributed by atoms with Crippen LogP contribution < -0.4 is 4.90 Å². The number of carbonyl (C=O) groups excluding carboxylic acids is 3. The summed E-state index contributed by atoms with van der Waals surface area (Å²) >= 11 is 1.45. The zero-order valence-corrected chi connectivity index (χ0v) is 17.9. The second-order valence-corrected chi connectivity index (χ2v) is 7.84. The number of carbonyl (C=O) groups is 3. The summed E-state index contributed by atoms with van der Waals surface area (Å²) in [6, 6.07) is 10.9. The number of hydrogen-bond donors (Lipinski definition) is 0. The summed E-state index contributed by atoms with van der Waals surface area (Å²) in [4.78, 5) is 37.7. The molecule has 2 aromatic carbocycles. The molecule has 1 atom stereocenters. The van der Waals surface area contributed by atoms with Crippen molar-refractivity contribution in [2.45, 2.75) is 25.6 Å². The van der Waals surface area contributed by atoms with Crippen LogP contribution in [-0.2, 0) is 19.0 Å². The molecule has 1 amide bonds. The Kier molecular flexibility index (Phi) is 7.51. The molecule has 0 aromatic heterocycles. The van der Waals surface area contributed by atoms with Crippen molar-refractivity contribution < 1.29 is 33.0 Å². The third-order valence-electron chi connectivity index (χ3n) is 4.51. The van der Waals surface area contributed by atoms with Gasteiger partial charge in [0.2, 0.25) is 12.7 Å². The van der Waals surface area contributed by atoms with E-state index in [-0.39, 0.29) is 29.3 Å². The van der Waals surface area contributed by atoms with Crippen LogP contribution in [0.15, 0.2) is 42.5 Å². The summed E-state index contributed by atoms with van der Waals surface area (Å²) < 4.78 is 27.6. The molecule has 2 aromatic rings. The first-order valence-corrected chi connectivity index (χ1v) is 10.7. The molecule has 0 aliphatic carbocycles. The van der Waals surface area contributed by atoms with Crippen LogP contribution in [0.2, 0.25) is 0 Å². The standard InChI is InChI=1S/C22H22FNO6S/c1-3-10-28-22(27)30-13-29-21(26)16-6-9-18(14(2)11-16)24-19(25)12-31-20(24)15-4-7-17(23)8-5-15/h4-9,11,20H,3,10,12-13H2,1-2H3. The minimum absolute atomic E-state index is 0.0725. The van der Waals surface area contributed by atoms with E-state index < -0.39 is 18.9 Å². The Morgan fingerprint density at radius 2 is 1.87 bits per heavy atom. The number of esters is 1. The summed E-state index contributed by atoms with van der Waals surface area (Å²) in [6.07, 6.45) is -0.251. The number of amides is 1. The topological polar surface area (TPSA) is 82.1 Å². The van der Waals surface area contributed by atoms with Crippen LogP contribution in [0, 0.1) is 12.7 Å². The van der Waals surface area contributed by atoms with Crippen LogP contribution in [0.1, 0.15) is 40.2 Å². The van der Waals surface area contributed by atoms with E-state index in [1.165, 1.54) is 30.0 Å². The van der Waals surface area contributed by atoms with E-state index in [1.54, 1.807) is 36.1 Å². The van der Waals surface area contributed by atoms with Crippen LogP contribution >= 0.6 is 11.8 Å². The van der Waals surface area contributed by atoms with Crippen molar-refractivity contribution in [3.05, 3.63) is 65.0 Å². The SMILES string of the molecule is CCCOC(=O)OCOC(=O)c1ccc(N2C(=O)CSC2c2ccc(F)cc2)c(C)c1. The van der Waals surface area contributed by atoms with Crippen LogP contribution in [-0.4, -0.2) is 37.2 Å².